The lowest BCUT2D eigenvalue weighted by molar-refractivity contribution is -0.0442. The van der Waals surface area contributed by atoms with Crippen molar-refractivity contribution in [2.75, 3.05) is 6.61 Å². The lowest BCUT2D eigenvalue weighted by Gasteiger charge is -2.13. The maximum absolute atomic E-state index is 9.52. The summed E-state index contributed by atoms with van der Waals surface area (Å²) in [5.74, 6) is 0. The first-order valence-electron chi connectivity index (χ1n) is 6.18. The van der Waals surface area contributed by atoms with Gasteiger partial charge in [0.1, 0.15) is 18.4 Å². The number of nitrogens with zero attached hydrogens (tertiary/aromatic N) is 2. The largest absolute Gasteiger partial charge is 0.394 e. The van der Waals surface area contributed by atoms with Crippen LogP contribution in [0.1, 0.15) is 38.5 Å². The van der Waals surface area contributed by atoms with Crippen LogP contribution >= 0.6 is 0 Å². The molecule has 0 bridgehead atoms. The summed E-state index contributed by atoms with van der Waals surface area (Å²) < 4.78 is 7.15. The highest BCUT2D eigenvalue weighted by Gasteiger charge is 2.34. The van der Waals surface area contributed by atoms with Gasteiger partial charge in [-0.1, -0.05) is 20.3 Å². The Balaban J connectivity index is 0.000000492. The Morgan fingerprint density at radius 2 is 2.22 bits per heavy atom. The van der Waals surface area contributed by atoms with Crippen molar-refractivity contribution in [2.24, 2.45) is 0 Å². The van der Waals surface area contributed by atoms with E-state index in [0.717, 1.165) is 0 Å². The van der Waals surface area contributed by atoms with E-state index in [0.29, 0.717) is 12.0 Å². The van der Waals surface area contributed by atoms with E-state index < -0.39 is 12.2 Å². The Labute approximate surface area is 107 Å². The molecule has 1 aliphatic rings. The van der Waals surface area contributed by atoms with E-state index in [2.05, 4.69) is 13.8 Å². The Kier molecular flexibility index (Phi) is 5.86. The monoisotopic (exact) mass is 252 g/mol. The van der Waals surface area contributed by atoms with Crippen LogP contribution < -0.4 is 0 Å². The topological polar surface area (TPSA) is 78.4 Å². The molecule has 2 heterocycles. The predicted molar refractivity (Wildman–Crippen MR) is 66.7 cm³/mol. The van der Waals surface area contributed by atoms with Gasteiger partial charge in [-0.05, 0) is 6.07 Å². The maximum atomic E-state index is 9.52. The van der Waals surface area contributed by atoms with Crippen LogP contribution in [0.2, 0.25) is 0 Å². The number of aromatic nitrogens is 1. The maximum Gasteiger partial charge on any atom is 0.136 e. The first kappa shape index (κ1) is 14.7. The molecule has 18 heavy (non-hydrogen) atoms. The van der Waals surface area contributed by atoms with Crippen molar-refractivity contribution in [3.05, 3.63) is 24.0 Å². The fourth-order valence-corrected chi connectivity index (χ4v) is 1.72. The quantitative estimate of drug-likeness (QED) is 0.834. The van der Waals surface area contributed by atoms with Crippen LogP contribution in [-0.4, -0.2) is 33.6 Å². The third kappa shape index (κ3) is 3.57. The molecule has 1 saturated heterocycles. The van der Waals surface area contributed by atoms with Crippen molar-refractivity contribution in [3.8, 4) is 6.07 Å². The van der Waals surface area contributed by atoms with Gasteiger partial charge in [-0.25, -0.2) is 0 Å². The van der Waals surface area contributed by atoms with E-state index in [1.54, 1.807) is 23.0 Å². The molecule has 0 saturated carbocycles. The van der Waals surface area contributed by atoms with E-state index in [9.17, 15) is 5.11 Å². The van der Waals surface area contributed by atoms with Crippen molar-refractivity contribution >= 4 is 0 Å². The van der Waals surface area contributed by atoms with Gasteiger partial charge in [0, 0.05) is 18.8 Å². The molecule has 1 aromatic heterocycles. The normalized spacial score (nSPS) is 26.3. The Hall–Kier alpha value is -1.35. The summed E-state index contributed by atoms with van der Waals surface area (Å²) in [6.45, 7) is 4.06. The van der Waals surface area contributed by atoms with Gasteiger partial charge in [0.2, 0.25) is 0 Å². The second-order valence-corrected chi connectivity index (χ2v) is 4.28. The molecule has 1 aromatic rings. The third-order valence-electron chi connectivity index (χ3n) is 2.56. The van der Waals surface area contributed by atoms with Gasteiger partial charge in [0.05, 0.1) is 18.3 Å². The minimum absolute atomic E-state index is 0.190. The van der Waals surface area contributed by atoms with Crippen LogP contribution in [-0.2, 0) is 4.74 Å². The highest BCUT2D eigenvalue weighted by atomic mass is 16.5. The highest BCUT2D eigenvalue weighted by molar-refractivity contribution is 5.25. The van der Waals surface area contributed by atoms with Crippen molar-refractivity contribution < 1.29 is 14.9 Å². The zero-order valence-corrected chi connectivity index (χ0v) is 10.8. The van der Waals surface area contributed by atoms with Gasteiger partial charge in [-0.2, -0.15) is 5.26 Å². The van der Waals surface area contributed by atoms with Crippen molar-refractivity contribution in [3.63, 3.8) is 0 Å². The number of ether oxygens (including phenoxy) is 1. The molecule has 5 heteroatoms. The molecule has 0 amide bonds. The first-order valence-corrected chi connectivity index (χ1v) is 6.18. The fourth-order valence-electron chi connectivity index (χ4n) is 1.72. The van der Waals surface area contributed by atoms with Gasteiger partial charge < -0.3 is 19.5 Å². The van der Waals surface area contributed by atoms with Crippen molar-refractivity contribution in [1.29, 1.82) is 5.26 Å². The molecule has 0 aromatic carbocycles. The number of hydrogen-bond donors (Lipinski definition) is 2. The van der Waals surface area contributed by atoms with E-state index in [1.165, 1.54) is 6.42 Å². The lowest BCUT2D eigenvalue weighted by Crippen LogP contribution is -2.24. The average Bonchev–Trinajstić information content (AvgIpc) is 2.95. The minimum atomic E-state index is -0.645. The molecule has 2 rings (SSSR count). The molecule has 0 aliphatic carbocycles. The third-order valence-corrected chi connectivity index (χ3v) is 2.56. The molecule has 0 spiro atoms. The van der Waals surface area contributed by atoms with Crippen LogP contribution in [0.25, 0.3) is 0 Å². The molecule has 1 aliphatic heterocycles. The van der Waals surface area contributed by atoms with E-state index in [-0.39, 0.29) is 12.8 Å². The Morgan fingerprint density at radius 1 is 1.56 bits per heavy atom. The predicted octanol–water partition coefficient (Wildman–Crippen LogP) is 1.42. The van der Waals surface area contributed by atoms with Crippen LogP contribution in [0, 0.1) is 11.3 Å². The summed E-state index contributed by atoms with van der Waals surface area (Å²) in [4.78, 5) is 0. The van der Waals surface area contributed by atoms with Gasteiger partial charge >= 0.3 is 0 Å². The van der Waals surface area contributed by atoms with E-state index in [4.69, 9.17) is 15.1 Å². The van der Waals surface area contributed by atoms with Gasteiger partial charge in [0.15, 0.2) is 0 Å². The van der Waals surface area contributed by atoms with Crippen molar-refractivity contribution in [1.82, 2.24) is 4.57 Å². The second kappa shape index (κ2) is 7.17. The van der Waals surface area contributed by atoms with Crippen LogP contribution in [0.15, 0.2) is 18.5 Å². The second-order valence-electron chi connectivity index (χ2n) is 4.28. The smallest absolute Gasteiger partial charge is 0.136 e. The average molecular weight is 252 g/mol. The van der Waals surface area contributed by atoms with Gasteiger partial charge in [-0.3, -0.25) is 0 Å². The molecule has 100 valence electrons. The number of hydrogen-bond acceptors (Lipinski definition) is 4. The molecular weight excluding hydrogens is 232 g/mol. The van der Waals surface area contributed by atoms with E-state index >= 15 is 0 Å². The molecule has 3 unspecified atom stereocenters. The Bertz CT molecular complexity index is 397. The zero-order chi connectivity index (χ0) is 13.5. The van der Waals surface area contributed by atoms with Crippen LogP contribution in [0.5, 0.6) is 0 Å². The first-order chi connectivity index (χ1) is 8.65. The highest BCUT2D eigenvalue weighted by Crippen LogP contribution is 2.28. The standard InChI is InChI=1S/C10H12N2O3.C3H8/c11-4-7-1-2-12(5-7)10-3-8(14)9(6-13)15-10;1-3-2/h1-2,5,8-10,13-14H,3,6H2;3H2,1-2H3. The molecule has 5 nitrogen and oxygen atoms in total. The number of aliphatic hydroxyl groups is 2. The fraction of sp³-hybridized carbons (Fsp3) is 0.615. The molecule has 2 N–H and O–H groups in total. The summed E-state index contributed by atoms with van der Waals surface area (Å²) in [6, 6.07) is 3.70. The molecular formula is C13H20N2O3. The minimum Gasteiger partial charge on any atom is -0.394 e. The summed E-state index contributed by atoms with van der Waals surface area (Å²) in [5.41, 5.74) is 0.556. The Morgan fingerprint density at radius 3 is 2.67 bits per heavy atom. The molecule has 1 fully saturated rings. The summed E-state index contributed by atoms with van der Waals surface area (Å²) in [7, 11) is 0. The van der Waals surface area contributed by atoms with Crippen molar-refractivity contribution in [2.45, 2.75) is 45.1 Å². The lowest BCUT2D eigenvalue weighted by atomic mass is 10.2. The van der Waals surface area contributed by atoms with Gasteiger partial charge in [-0.15, -0.1) is 0 Å². The zero-order valence-electron chi connectivity index (χ0n) is 10.8. The number of nitriles is 1. The summed E-state index contributed by atoms with van der Waals surface area (Å²) in [5, 5.41) is 27.1. The number of rotatable bonds is 2. The van der Waals surface area contributed by atoms with Gasteiger partial charge in [0.25, 0.3) is 0 Å². The number of aliphatic hydroxyl groups excluding tert-OH is 2. The van der Waals surface area contributed by atoms with E-state index in [1.807, 2.05) is 6.07 Å². The molecule has 0 radical (unpaired) electrons. The SMILES string of the molecule is CCC.N#Cc1ccn(C2CC(O)C(CO)O2)c1. The summed E-state index contributed by atoms with van der Waals surface area (Å²) in [6.07, 6.45) is 3.62. The van der Waals surface area contributed by atoms with Crippen LogP contribution in [0.4, 0.5) is 0 Å². The molecule has 3 atom stereocenters. The van der Waals surface area contributed by atoms with Crippen LogP contribution in [0.3, 0.4) is 0 Å². The summed E-state index contributed by atoms with van der Waals surface area (Å²) >= 11 is 0.